The number of rotatable bonds is 7. The highest BCUT2D eigenvalue weighted by molar-refractivity contribution is 5.01. The zero-order chi connectivity index (χ0) is 12.6. The van der Waals surface area contributed by atoms with Crippen molar-refractivity contribution >= 4 is 0 Å². The quantitative estimate of drug-likeness (QED) is 0.450. The monoisotopic (exact) mass is 224 g/mol. The molecule has 2 unspecified atom stereocenters. The van der Waals surface area contributed by atoms with E-state index in [1.54, 1.807) is 0 Å². The minimum Gasteiger partial charge on any atom is -0.318 e. The van der Waals surface area contributed by atoms with Crippen LogP contribution in [-0.4, -0.2) is 30.2 Å². The van der Waals surface area contributed by atoms with Crippen molar-refractivity contribution in [1.29, 1.82) is 0 Å². The van der Waals surface area contributed by atoms with Crippen molar-refractivity contribution in [2.24, 2.45) is 0 Å². The number of quaternary nitrogens is 1. The van der Waals surface area contributed by atoms with Gasteiger partial charge in [-0.3, -0.25) is 0 Å². The zero-order valence-electron chi connectivity index (χ0n) is 12.0. The smallest absolute Gasteiger partial charge is 0.0978 e. The molecule has 0 aromatic heterocycles. The van der Waals surface area contributed by atoms with Gasteiger partial charge in [-0.25, -0.2) is 0 Å². The molecular formula is C15H30N+. The first-order chi connectivity index (χ1) is 7.52. The third kappa shape index (κ3) is 4.13. The molecule has 0 aliphatic rings. The van der Waals surface area contributed by atoms with Crippen molar-refractivity contribution in [3.8, 4) is 0 Å². The molecule has 1 heteroatoms. The Hall–Kier alpha value is -0.560. The van der Waals surface area contributed by atoms with E-state index in [0.29, 0.717) is 0 Å². The lowest BCUT2D eigenvalue weighted by molar-refractivity contribution is -0.948. The fraction of sp³-hybridized carbons (Fsp3) is 0.733. The van der Waals surface area contributed by atoms with Crippen molar-refractivity contribution in [2.75, 3.05) is 13.6 Å². The second kappa shape index (κ2) is 7.67. The van der Waals surface area contributed by atoms with Gasteiger partial charge in [0.1, 0.15) is 0 Å². The van der Waals surface area contributed by atoms with E-state index >= 15 is 0 Å². The van der Waals surface area contributed by atoms with E-state index in [1.165, 1.54) is 12.8 Å². The number of hydrogen-bond acceptors (Lipinski definition) is 0. The Morgan fingerprint density at radius 2 is 1.50 bits per heavy atom. The molecule has 94 valence electrons. The molecule has 0 spiro atoms. The van der Waals surface area contributed by atoms with Crippen LogP contribution in [0.3, 0.4) is 0 Å². The largest absolute Gasteiger partial charge is 0.318 e. The Morgan fingerprint density at radius 3 is 1.88 bits per heavy atom. The Labute approximate surface area is 102 Å². The van der Waals surface area contributed by atoms with Crippen LogP contribution in [0.5, 0.6) is 0 Å². The van der Waals surface area contributed by atoms with Gasteiger partial charge in [0.15, 0.2) is 0 Å². The van der Waals surface area contributed by atoms with E-state index in [-0.39, 0.29) is 0 Å². The van der Waals surface area contributed by atoms with E-state index in [0.717, 1.165) is 23.1 Å². The Kier molecular flexibility index (Phi) is 7.40. The summed E-state index contributed by atoms with van der Waals surface area (Å²) in [4.78, 5) is 0. The minimum absolute atomic E-state index is 0.727. The summed E-state index contributed by atoms with van der Waals surface area (Å²) in [5.74, 6) is 0. The Morgan fingerprint density at radius 1 is 1.00 bits per heavy atom. The fourth-order valence-corrected chi connectivity index (χ4v) is 2.11. The predicted octanol–water partition coefficient (Wildman–Crippen LogP) is 4.16. The maximum Gasteiger partial charge on any atom is 0.0978 e. The highest BCUT2D eigenvalue weighted by atomic mass is 15.4. The maximum absolute atomic E-state index is 2.39. The van der Waals surface area contributed by atoms with Crippen LogP contribution in [0, 0.1) is 0 Å². The lowest BCUT2D eigenvalue weighted by atomic mass is 10.1. The van der Waals surface area contributed by atoms with Crippen LogP contribution in [0.25, 0.3) is 0 Å². The summed E-state index contributed by atoms with van der Waals surface area (Å²) < 4.78 is 1.15. The molecule has 0 saturated heterocycles. The van der Waals surface area contributed by atoms with Crippen molar-refractivity contribution in [3.63, 3.8) is 0 Å². The van der Waals surface area contributed by atoms with E-state index in [2.05, 4.69) is 66.0 Å². The number of allylic oxidation sites excluding steroid dienone is 3. The summed E-state index contributed by atoms with van der Waals surface area (Å²) in [5, 5.41) is 0. The zero-order valence-corrected chi connectivity index (χ0v) is 12.0. The summed E-state index contributed by atoms with van der Waals surface area (Å²) in [6.45, 7) is 12.5. The highest BCUT2D eigenvalue weighted by Crippen LogP contribution is 2.20. The van der Waals surface area contributed by atoms with Crippen LogP contribution < -0.4 is 0 Å². The van der Waals surface area contributed by atoms with Crippen molar-refractivity contribution in [3.05, 3.63) is 24.3 Å². The molecule has 0 fully saturated rings. The normalized spacial score (nSPS) is 20.1. The van der Waals surface area contributed by atoms with Gasteiger partial charge >= 0.3 is 0 Å². The second-order valence-electron chi connectivity index (χ2n) is 5.00. The lowest BCUT2D eigenvalue weighted by Gasteiger charge is -2.44. The topological polar surface area (TPSA) is 0 Å². The molecule has 2 atom stereocenters. The molecule has 0 N–H and O–H groups in total. The molecule has 0 rings (SSSR count). The van der Waals surface area contributed by atoms with Crippen LogP contribution in [0.1, 0.15) is 47.5 Å². The maximum atomic E-state index is 2.39. The average Bonchev–Trinajstić information content (AvgIpc) is 2.32. The average molecular weight is 224 g/mol. The van der Waals surface area contributed by atoms with Crippen LogP contribution in [-0.2, 0) is 0 Å². The van der Waals surface area contributed by atoms with Gasteiger partial charge in [-0.1, -0.05) is 32.1 Å². The Balaban J connectivity index is 4.66. The second-order valence-corrected chi connectivity index (χ2v) is 5.00. The molecule has 0 aromatic carbocycles. The van der Waals surface area contributed by atoms with Gasteiger partial charge in [-0.2, -0.15) is 0 Å². The number of nitrogens with zero attached hydrogens (tertiary/aromatic N) is 1. The molecule has 0 heterocycles. The van der Waals surface area contributed by atoms with Gasteiger partial charge in [0.2, 0.25) is 0 Å². The van der Waals surface area contributed by atoms with Crippen LogP contribution in [0.15, 0.2) is 24.3 Å². The van der Waals surface area contributed by atoms with Crippen LogP contribution >= 0.6 is 0 Å². The molecule has 0 aliphatic carbocycles. The molecule has 1 nitrogen and oxygen atoms in total. The molecular weight excluding hydrogens is 194 g/mol. The minimum atomic E-state index is 0.727. The van der Waals surface area contributed by atoms with Gasteiger partial charge < -0.3 is 4.48 Å². The summed E-state index contributed by atoms with van der Waals surface area (Å²) in [5.41, 5.74) is 0. The molecule has 0 aliphatic heterocycles. The highest BCUT2D eigenvalue weighted by Gasteiger charge is 2.31. The molecule has 0 bridgehead atoms. The fourth-order valence-electron chi connectivity index (χ4n) is 2.11. The molecule has 0 radical (unpaired) electrons. The predicted molar refractivity (Wildman–Crippen MR) is 74.5 cm³/mol. The van der Waals surface area contributed by atoms with Crippen molar-refractivity contribution in [1.82, 2.24) is 0 Å². The van der Waals surface area contributed by atoms with Crippen LogP contribution in [0.2, 0.25) is 0 Å². The number of likely N-dealkylation sites (N-methyl/N-ethyl adjacent to an activating group) is 1. The van der Waals surface area contributed by atoms with E-state index in [9.17, 15) is 0 Å². The summed E-state index contributed by atoms with van der Waals surface area (Å²) in [6.07, 6.45) is 11.2. The summed E-state index contributed by atoms with van der Waals surface area (Å²) >= 11 is 0. The SMILES string of the molecule is CC=CC=CC[N+](C)(C(C)CC)C(C)CC. The first-order valence-corrected chi connectivity index (χ1v) is 6.65. The van der Waals surface area contributed by atoms with Crippen LogP contribution in [0.4, 0.5) is 0 Å². The molecule has 0 aromatic rings. The Bertz CT molecular complexity index is 218. The van der Waals surface area contributed by atoms with E-state index in [4.69, 9.17) is 0 Å². The van der Waals surface area contributed by atoms with Crippen molar-refractivity contribution < 1.29 is 4.48 Å². The summed E-state index contributed by atoms with van der Waals surface area (Å²) in [6, 6.07) is 1.45. The molecule has 16 heavy (non-hydrogen) atoms. The van der Waals surface area contributed by atoms with E-state index in [1.807, 2.05) is 0 Å². The third-order valence-corrected chi connectivity index (χ3v) is 4.13. The first kappa shape index (κ1) is 15.4. The summed E-state index contributed by atoms with van der Waals surface area (Å²) in [7, 11) is 2.39. The van der Waals surface area contributed by atoms with Gasteiger partial charge in [-0.05, 0) is 39.7 Å². The molecule has 0 amide bonds. The lowest BCUT2D eigenvalue weighted by Crippen LogP contribution is -2.56. The van der Waals surface area contributed by atoms with E-state index < -0.39 is 0 Å². The standard InChI is InChI=1S/C15H30N/c1-7-10-11-12-13-16(6,14(4)8-2)15(5)9-3/h7,10-12,14-15H,8-9,13H2,1-6H3/q+1. The first-order valence-electron chi connectivity index (χ1n) is 6.65. The van der Waals surface area contributed by atoms with Gasteiger partial charge in [0.25, 0.3) is 0 Å². The third-order valence-electron chi connectivity index (χ3n) is 4.13. The van der Waals surface area contributed by atoms with Gasteiger partial charge in [0, 0.05) is 0 Å². The van der Waals surface area contributed by atoms with Gasteiger partial charge in [-0.15, -0.1) is 0 Å². The van der Waals surface area contributed by atoms with Crippen molar-refractivity contribution in [2.45, 2.75) is 59.5 Å². The van der Waals surface area contributed by atoms with Gasteiger partial charge in [0.05, 0.1) is 25.7 Å². The number of hydrogen-bond donors (Lipinski definition) is 0. The molecule has 0 saturated carbocycles.